The molecule has 0 aromatic heterocycles. The SMILES string of the molecule is C=CCOC(=O)NCc1cccc(-c2ccc(C3OC(CN4CCN(c5ccc([N+](=O)[O-])cc5)CC4)CC(c4ccc(CO)cc4)O3)cc2)c1. The lowest BCUT2D eigenvalue weighted by Crippen LogP contribution is -2.49. The molecule has 2 aliphatic rings. The van der Waals surface area contributed by atoms with E-state index in [0.29, 0.717) is 13.0 Å². The van der Waals surface area contributed by atoms with Crippen molar-refractivity contribution in [2.75, 3.05) is 44.2 Å². The number of benzene rings is 4. The summed E-state index contributed by atoms with van der Waals surface area (Å²) in [5, 5.41) is 23.4. The first-order valence-corrected chi connectivity index (χ1v) is 16.8. The molecule has 0 radical (unpaired) electrons. The van der Waals surface area contributed by atoms with Crippen molar-refractivity contribution in [3.05, 3.63) is 142 Å². The highest BCUT2D eigenvalue weighted by atomic mass is 16.7. The summed E-state index contributed by atoms with van der Waals surface area (Å²) in [5.74, 6) is 0. The first kappa shape index (κ1) is 34.8. The Morgan fingerprint density at radius 2 is 1.64 bits per heavy atom. The lowest BCUT2D eigenvalue weighted by atomic mass is 9.98. The maximum absolute atomic E-state index is 11.9. The number of anilines is 1. The molecule has 1 amide bonds. The fraction of sp³-hybridized carbons (Fsp3) is 0.308. The zero-order valence-corrected chi connectivity index (χ0v) is 27.9. The third-order valence-corrected chi connectivity index (χ3v) is 9.09. The summed E-state index contributed by atoms with van der Waals surface area (Å²) >= 11 is 0. The van der Waals surface area contributed by atoms with Gasteiger partial charge in [-0.15, -0.1) is 0 Å². The third-order valence-electron chi connectivity index (χ3n) is 9.09. The normalized spacial score (nSPS) is 19.5. The molecule has 6 rings (SSSR count). The molecule has 0 saturated carbocycles. The molecular formula is C39H42N4O7. The van der Waals surface area contributed by atoms with E-state index in [1.54, 1.807) is 12.1 Å². The van der Waals surface area contributed by atoms with Crippen LogP contribution < -0.4 is 10.2 Å². The molecule has 0 aliphatic carbocycles. The highest BCUT2D eigenvalue weighted by Crippen LogP contribution is 2.39. The van der Waals surface area contributed by atoms with Crippen molar-refractivity contribution < 1.29 is 29.0 Å². The van der Waals surface area contributed by atoms with Crippen LogP contribution in [0.4, 0.5) is 16.2 Å². The Balaban J connectivity index is 1.12. The molecule has 11 heteroatoms. The lowest BCUT2D eigenvalue weighted by Gasteiger charge is -2.41. The van der Waals surface area contributed by atoms with E-state index in [1.165, 1.54) is 6.08 Å². The van der Waals surface area contributed by atoms with Gasteiger partial charge >= 0.3 is 6.09 Å². The van der Waals surface area contributed by atoms with Gasteiger partial charge < -0.3 is 29.5 Å². The van der Waals surface area contributed by atoms with Crippen LogP contribution in [-0.2, 0) is 27.4 Å². The Bertz CT molecular complexity index is 1740. The van der Waals surface area contributed by atoms with Crippen LogP contribution in [0.2, 0.25) is 0 Å². The number of nitrogens with zero attached hydrogens (tertiary/aromatic N) is 3. The van der Waals surface area contributed by atoms with Crippen LogP contribution in [0.5, 0.6) is 0 Å². The number of nitro benzene ring substituents is 1. The van der Waals surface area contributed by atoms with Gasteiger partial charge in [-0.3, -0.25) is 15.0 Å². The molecule has 0 spiro atoms. The van der Waals surface area contributed by atoms with E-state index >= 15 is 0 Å². The Morgan fingerprint density at radius 3 is 2.32 bits per heavy atom. The first-order valence-electron chi connectivity index (χ1n) is 16.8. The van der Waals surface area contributed by atoms with E-state index in [2.05, 4.69) is 33.8 Å². The summed E-state index contributed by atoms with van der Waals surface area (Å²) < 4.78 is 18.2. The van der Waals surface area contributed by atoms with Crippen molar-refractivity contribution in [2.45, 2.75) is 38.1 Å². The van der Waals surface area contributed by atoms with Crippen LogP contribution in [-0.4, -0.2) is 66.5 Å². The highest BCUT2D eigenvalue weighted by Gasteiger charge is 2.34. The molecule has 4 aromatic rings. The summed E-state index contributed by atoms with van der Waals surface area (Å²) in [4.78, 5) is 27.2. The largest absolute Gasteiger partial charge is 0.445 e. The minimum absolute atomic E-state index is 0.0138. The molecule has 2 aliphatic heterocycles. The van der Waals surface area contributed by atoms with Gasteiger partial charge in [0, 0.05) is 69.1 Å². The van der Waals surface area contributed by atoms with E-state index in [1.807, 2.05) is 72.8 Å². The maximum Gasteiger partial charge on any atom is 0.407 e. The molecule has 11 nitrogen and oxygen atoms in total. The van der Waals surface area contributed by atoms with Crippen molar-refractivity contribution in [1.29, 1.82) is 0 Å². The number of non-ortho nitro benzene ring substituents is 1. The molecule has 3 unspecified atom stereocenters. The number of carbonyl (C=O) groups is 1. The van der Waals surface area contributed by atoms with Crippen molar-refractivity contribution in [3.8, 4) is 11.1 Å². The number of rotatable bonds is 12. The number of aliphatic hydroxyl groups excluding tert-OH is 1. The van der Waals surface area contributed by atoms with E-state index < -0.39 is 12.4 Å². The Kier molecular flexibility index (Phi) is 11.5. The van der Waals surface area contributed by atoms with Gasteiger partial charge in [-0.2, -0.15) is 0 Å². The molecule has 4 aromatic carbocycles. The highest BCUT2D eigenvalue weighted by molar-refractivity contribution is 5.68. The first-order chi connectivity index (χ1) is 24.4. The predicted octanol–water partition coefficient (Wildman–Crippen LogP) is 6.53. The van der Waals surface area contributed by atoms with Gasteiger partial charge in [0.15, 0.2) is 6.29 Å². The van der Waals surface area contributed by atoms with Crippen LogP contribution in [0.25, 0.3) is 11.1 Å². The minimum atomic E-state index is -0.566. The van der Waals surface area contributed by atoms with E-state index in [-0.39, 0.29) is 36.0 Å². The summed E-state index contributed by atoms with van der Waals surface area (Å²) in [6, 6.07) is 30.8. The summed E-state index contributed by atoms with van der Waals surface area (Å²) in [5.41, 5.74) is 6.89. The molecule has 2 N–H and O–H groups in total. The third kappa shape index (κ3) is 8.93. The minimum Gasteiger partial charge on any atom is -0.445 e. The lowest BCUT2D eigenvalue weighted by molar-refractivity contribution is -0.384. The number of carbonyl (C=O) groups excluding carboxylic acids is 1. The monoisotopic (exact) mass is 678 g/mol. The van der Waals surface area contributed by atoms with Crippen LogP contribution in [0.1, 0.15) is 41.1 Å². The number of nitro groups is 1. The van der Waals surface area contributed by atoms with Crippen LogP contribution in [0.15, 0.2) is 110 Å². The van der Waals surface area contributed by atoms with Crippen molar-refractivity contribution in [1.82, 2.24) is 10.2 Å². The molecule has 2 saturated heterocycles. The summed E-state index contributed by atoms with van der Waals surface area (Å²) in [7, 11) is 0. The Labute approximate surface area is 291 Å². The van der Waals surface area contributed by atoms with Gasteiger partial charge in [0.2, 0.25) is 0 Å². The Morgan fingerprint density at radius 1 is 0.920 bits per heavy atom. The molecular weight excluding hydrogens is 636 g/mol. The summed E-state index contributed by atoms with van der Waals surface area (Å²) in [6.45, 7) is 8.11. The van der Waals surface area contributed by atoms with Crippen LogP contribution >= 0.6 is 0 Å². The van der Waals surface area contributed by atoms with Crippen LogP contribution in [0.3, 0.4) is 0 Å². The number of piperazine rings is 1. The predicted molar refractivity (Wildman–Crippen MR) is 190 cm³/mol. The van der Waals surface area contributed by atoms with E-state index in [0.717, 1.165) is 71.8 Å². The second-order valence-electron chi connectivity index (χ2n) is 12.5. The number of aliphatic hydroxyl groups is 1. The molecule has 0 bridgehead atoms. The van der Waals surface area contributed by atoms with Crippen molar-refractivity contribution in [2.24, 2.45) is 0 Å². The van der Waals surface area contributed by atoms with Gasteiger partial charge in [-0.05, 0) is 46.0 Å². The zero-order valence-electron chi connectivity index (χ0n) is 27.9. The van der Waals surface area contributed by atoms with Gasteiger partial charge in [-0.1, -0.05) is 79.4 Å². The molecule has 2 fully saturated rings. The fourth-order valence-corrected chi connectivity index (χ4v) is 6.35. The number of amides is 1. The molecule has 2 heterocycles. The molecule has 50 heavy (non-hydrogen) atoms. The quantitative estimate of drug-likeness (QED) is 0.0977. The average Bonchev–Trinajstić information content (AvgIpc) is 3.16. The van der Waals surface area contributed by atoms with Crippen molar-refractivity contribution in [3.63, 3.8) is 0 Å². The van der Waals surface area contributed by atoms with Crippen molar-refractivity contribution >= 4 is 17.5 Å². The number of hydrogen-bond acceptors (Lipinski definition) is 9. The Hall–Kier alpha value is -5.07. The summed E-state index contributed by atoms with van der Waals surface area (Å²) in [6.07, 6.45) is 0.899. The number of hydrogen-bond donors (Lipinski definition) is 2. The second-order valence-corrected chi connectivity index (χ2v) is 12.5. The van der Waals surface area contributed by atoms with E-state index in [9.17, 15) is 20.0 Å². The second kappa shape index (κ2) is 16.6. The zero-order chi connectivity index (χ0) is 34.9. The molecule has 260 valence electrons. The molecule has 3 atom stereocenters. The fourth-order valence-electron chi connectivity index (χ4n) is 6.35. The number of nitrogens with one attached hydrogen (secondary N) is 1. The van der Waals surface area contributed by atoms with Gasteiger partial charge in [0.25, 0.3) is 5.69 Å². The van der Waals surface area contributed by atoms with E-state index in [4.69, 9.17) is 14.2 Å². The number of alkyl carbamates (subject to hydrolysis) is 1. The van der Waals surface area contributed by atoms with Crippen LogP contribution in [0, 0.1) is 10.1 Å². The standard InChI is InChI=1S/C39H42N4O7/c1-2-22-48-39(45)40-25-29-4-3-5-33(23-29)30-10-12-32(13-11-30)38-49-36(24-37(50-38)31-8-6-28(27-44)7-9-31)26-41-18-20-42(21-19-41)34-14-16-35(17-15-34)43(46)47/h2-17,23,36-38,44H,1,18-22,24-27H2,(H,40,45). The smallest absolute Gasteiger partial charge is 0.407 e. The number of ether oxygens (including phenoxy) is 3. The van der Waals surface area contributed by atoms with Gasteiger partial charge in [-0.25, -0.2) is 4.79 Å². The topological polar surface area (TPSA) is 127 Å². The van der Waals surface area contributed by atoms with Gasteiger partial charge in [0.05, 0.1) is 23.7 Å². The maximum atomic E-state index is 11.9. The average molecular weight is 679 g/mol. The van der Waals surface area contributed by atoms with Gasteiger partial charge in [0.1, 0.15) is 6.61 Å².